The predicted octanol–water partition coefficient (Wildman–Crippen LogP) is 1.46. The van der Waals surface area contributed by atoms with Gasteiger partial charge in [-0.25, -0.2) is 0 Å². The number of hydrogen-bond donors (Lipinski definition) is 1. The number of anilines is 1. The molecule has 5 nitrogen and oxygen atoms in total. The standard InChI is InChI=1S/C16H27N3O2/c1-5-19(16(20)15(17)10-11-21-4)12-13-6-8-14(9-7-13)18(2)3/h6-9,15H,5,10-12,17H2,1-4H3. The maximum atomic E-state index is 12.3. The van der Waals surface area contributed by atoms with E-state index in [1.807, 2.05) is 38.1 Å². The van der Waals surface area contributed by atoms with E-state index in [-0.39, 0.29) is 5.91 Å². The summed E-state index contributed by atoms with van der Waals surface area (Å²) >= 11 is 0. The van der Waals surface area contributed by atoms with Gasteiger partial charge in [0.2, 0.25) is 5.91 Å². The molecule has 0 heterocycles. The lowest BCUT2D eigenvalue weighted by molar-refractivity contribution is -0.133. The normalized spacial score (nSPS) is 12.0. The van der Waals surface area contributed by atoms with Gasteiger partial charge in [0.25, 0.3) is 0 Å². The van der Waals surface area contributed by atoms with Crippen LogP contribution in [0.5, 0.6) is 0 Å². The van der Waals surface area contributed by atoms with Crippen molar-refractivity contribution in [1.82, 2.24) is 4.90 Å². The van der Waals surface area contributed by atoms with E-state index in [0.717, 1.165) is 11.3 Å². The lowest BCUT2D eigenvalue weighted by atomic mass is 10.1. The van der Waals surface area contributed by atoms with Gasteiger partial charge in [0.05, 0.1) is 6.04 Å². The van der Waals surface area contributed by atoms with Crippen LogP contribution >= 0.6 is 0 Å². The minimum atomic E-state index is -0.494. The number of benzene rings is 1. The highest BCUT2D eigenvalue weighted by Crippen LogP contribution is 2.14. The van der Waals surface area contributed by atoms with Crippen molar-refractivity contribution in [2.45, 2.75) is 25.9 Å². The molecule has 2 N–H and O–H groups in total. The van der Waals surface area contributed by atoms with Crippen molar-refractivity contribution in [2.24, 2.45) is 5.73 Å². The Morgan fingerprint density at radius 2 is 1.90 bits per heavy atom. The minimum Gasteiger partial charge on any atom is -0.385 e. The van der Waals surface area contributed by atoms with Gasteiger partial charge in [-0.1, -0.05) is 12.1 Å². The number of hydrogen-bond acceptors (Lipinski definition) is 4. The van der Waals surface area contributed by atoms with E-state index in [9.17, 15) is 4.79 Å². The van der Waals surface area contributed by atoms with Gasteiger partial charge in [0.1, 0.15) is 0 Å². The van der Waals surface area contributed by atoms with Gasteiger partial charge in [-0.3, -0.25) is 4.79 Å². The van der Waals surface area contributed by atoms with E-state index in [4.69, 9.17) is 10.5 Å². The largest absolute Gasteiger partial charge is 0.385 e. The summed E-state index contributed by atoms with van der Waals surface area (Å²) in [7, 11) is 5.62. The first-order valence-corrected chi connectivity index (χ1v) is 7.29. The SMILES string of the molecule is CCN(Cc1ccc(N(C)C)cc1)C(=O)C(N)CCOC. The van der Waals surface area contributed by atoms with Crippen molar-refractivity contribution >= 4 is 11.6 Å². The van der Waals surface area contributed by atoms with Gasteiger partial charge in [0, 0.05) is 46.6 Å². The van der Waals surface area contributed by atoms with Crippen molar-refractivity contribution in [3.8, 4) is 0 Å². The zero-order chi connectivity index (χ0) is 15.8. The predicted molar refractivity (Wildman–Crippen MR) is 86.3 cm³/mol. The monoisotopic (exact) mass is 293 g/mol. The Kier molecular flexibility index (Phi) is 7.19. The van der Waals surface area contributed by atoms with Gasteiger partial charge in [-0.15, -0.1) is 0 Å². The van der Waals surface area contributed by atoms with Crippen LogP contribution in [0.3, 0.4) is 0 Å². The topological polar surface area (TPSA) is 58.8 Å². The van der Waals surface area contributed by atoms with Crippen molar-refractivity contribution in [1.29, 1.82) is 0 Å². The number of rotatable bonds is 8. The maximum Gasteiger partial charge on any atom is 0.239 e. The molecular formula is C16H27N3O2. The van der Waals surface area contributed by atoms with Crippen LogP contribution in [-0.4, -0.2) is 51.2 Å². The minimum absolute atomic E-state index is 0.0220. The summed E-state index contributed by atoms with van der Waals surface area (Å²) < 4.78 is 4.97. The second-order valence-corrected chi connectivity index (χ2v) is 5.30. The van der Waals surface area contributed by atoms with Crippen LogP contribution in [0.2, 0.25) is 0 Å². The number of carbonyl (C=O) groups is 1. The number of nitrogens with zero attached hydrogens (tertiary/aromatic N) is 2. The fourth-order valence-corrected chi connectivity index (χ4v) is 2.07. The first kappa shape index (κ1) is 17.5. The number of amides is 1. The third-order valence-corrected chi connectivity index (χ3v) is 3.47. The third kappa shape index (κ3) is 5.36. The van der Waals surface area contributed by atoms with Crippen molar-refractivity contribution in [3.63, 3.8) is 0 Å². The van der Waals surface area contributed by atoms with Crippen LogP contribution < -0.4 is 10.6 Å². The number of likely N-dealkylation sites (N-methyl/N-ethyl adjacent to an activating group) is 1. The number of nitrogens with two attached hydrogens (primary N) is 1. The maximum absolute atomic E-state index is 12.3. The summed E-state index contributed by atoms with van der Waals surface area (Å²) in [6.45, 7) is 3.70. The highest BCUT2D eigenvalue weighted by atomic mass is 16.5. The second-order valence-electron chi connectivity index (χ2n) is 5.30. The van der Waals surface area contributed by atoms with Gasteiger partial charge < -0.3 is 20.3 Å². The molecule has 0 spiro atoms. The molecule has 0 saturated heterocycles. The lowest BCUT2D eigenvalue weighted by Crippen LogP contribution is -2.43. The Bertz CT molecular complexity index is 432. The molecule has 5 heteroatoms. The molecule has 0 saturated carbocycles. The molecule has 0 bridgehead atoms. The summed E-state index contributed by atoms with van der Waals surface area (Å²) in [5, 5.41) is 0. The van der Waals surface area contributed by atoms with Gasteiger partial charge in [-0.05, 0) is 31.0 Å². The molecule has 1 aromatic carbocycles. The van der Waals surface area contributed by atoms with E-state index < -0.39 is 6.04 Å². The van der Waals surface area contributed by atoms with E-state index in [2.05, 4.69) is 12.1 Å². The van der Waals surface area contributed by atoms with Crippen LogP contribution in [0.25, 0.3) is 0 Å². The van der Waals surface area contributed by atoms with Gasteiger partial charge in [-0.2, -0.15) is 0 Å². The van der Waals surface area contributed by atoms with Crippen LogP contribution in [0.15, 0.2) is 24.3 Å². The lowest BCUT2D eigenvalue weighted by Gasteiger charge is -2.24. The Morgan fingerprint density at radius 1 is 1.29 bits per heavy atom. The third-order valence-electron chi connectivity index (χ3n) is 3.47. The molecule has 1 rings (SSSR count). The summed E-state index contributed by atoms with van der Waals surface area (Å²) in [6.07, 6.45) is 0.547. The molecule has 1 aromatic rings. The van der Waals surface area contributed by atoms with Crippen LogP contribution in [0.4, 0.5) is 5.69 Å². The smallest absolute Gasteiger partial charge is 0.239 e. The molecule has 21 heavy (non-hydrogen) atoms. The number of methoxy groups -OCH3 is 1. The van der Waals surface area contributed by atoms with Crippen LogP contribution in [0.1, 0.15) is 18.9 Å². The van der Waals surface area contributed by atoms with Crippen LogP contribution in [0, 0.1) is 0 Å². The van der Waals surface area contributed by atoms with E-state index in [0.29, 0.717) is 26.1 Å². The molecule has 0 aromatic heterocycles. The fraction of sp³-hybridized carbons (Fsp3) is 0.562. The number of ether oxygens (including phenoxy) is 1. The van der Waals surface area contributed by atoms with E-state index in [1.54, 1.807) is 12.0 Å². The fourth-order valence-electron chi connectivity index (χ4n) is 2.07. The van der Waals surface area contributed by atoms with Crippen molar-refractivity contribution in [3.05, 3.63) is 29.8 Å². The summed E-state index contributed by atoms with van der Waals surface area (Å²) in [5.41, 5.74) is 8.17. The Morgan fingerprint density at radius 3 is 2.38 bits per heavy atom. The summed E-state index contributed by atoms with van der Waals surface area (Å²) in [6, 6.07) is 7.71. The van der Waals surface area contributed by atoms with Gasteiger partial charge >= 0.3 is 0 Å². The Balaban J connectivity index is 2.66. The summed E-state index contributed by atoms with van der Waals surface area (Å²) in [4.78, 5) is 16.1. The highest BCUT2D eigenvalue weighted by molar-refractivity contribution is 5.81. The van der Waals surface area contributed by atoms with Crippen molar-refractivity contribution < 1.29 is 9.53 Å². The highest BCUT2D eigenvalue weighted by Gasteiger charge is 2.19. The quantitative estimate of drug-likeness (QED) is 0.788. The van der Waals surface area contributed by atoms with Gasteiger partial charge in [0.15, 0.2) is 0 Å². The van der Waals surface area contributed by atoms with Crippen LogP contribution in [-0.2, 0) is 16.1 Å². The molecule has 1 unspecified atom stereocenters. The molecule has 0 aliphatic carbocycles. The molecular weight excluding hydrogens is 266 g/mol. The molecule has 0 radical (unpaired) electrons. The Hall–Kier alpha value is -1.59. The molecule has 0 aliphatic heterocycles. The zero-order valence-electron chi connectivity index (χ0n) is 13.5. The molecule has 118 valence electrons. The molecule has 1 amide bonds. The van der Waals surface area contributed by atoms with Crippen molar-refractivity contribution in [2.75, 3.05) is 39.3 Å². The Labute approximate surface area is 127 Å². The second kappa shape index (κ2) is 8.64. The first-order valence-electron chi connectivity index (χ1n) is 7.29. The number of carbonyl (C=O) groups excluding carboxylic acids is 1. The molecule has 0 aliphatic rings. The molecule has 1 atom stereocenters. The average molecular weight is 293 g/mol. The van der Waals surface area contributed by atoms with E-state index >= 15 is 0 Å². The first-order chi connectivity index (χ1) is 9.99. The molecule has 0 fully saturated rings. The zero-order valence-corrected chi connectivity index (χ0v) is 13.5. The average Bonchev–Trinajstić information content (AvgIpc) is 2.49. The summed E-state index contributed by atoms with van der Waals surface area (Å²) in [5.74, 6) is -0.0220. The van der Waals surface area contributed by atoms with E-state index in [1.165, 1.54) is 0 Å².